The number of nitrogens with zero attached hydrogens (tertiary/aromatic N) is 3. The predicted octanol–water partition coefficient (Wildman–Crippen LogP) is 6.47. The largest absolute Gasteiger partial charge is 0.372 e. The molecule has 2 aliphatic rings. The second-order valence-electron chi connectivity index (χ2n) is 8.07. The third-order valence-corrected chi connectivity index (χ3v) is 7.06. The number of hydrogen-bond donors (Lipinski definition) is 0. The fraction of sp³-hybridized carbons (Fsp3) is 0.385. The van der Waals surface area contributed by atoms with Crippen molar-refractivity contribution in [2.45, 2.75) is 52.0 Å². The van der Waals surface area contributed by atoms with Crippen LogP contribution in [0.4, 0.5) is 11.4 Å². The highest BCUT2D eigenvalue weighted by atomic mass is 32.2. The zero-order valence-corrected chi connectivity index (χ0v) is 19.3. The van der Waals surface area contributed by atoms with Crippen LogP contribution in [0, 0.1) is 0 Å². The fourth-order valence-corrected chi connectivity index (χ4v) is 5.42. The summed E-state index contributed by atoms with van der Waals surface area (Å²) < 4.78 is 0. The van der Waals surface area contributed by atoms with Crippen molar-refractivity contribution in [1.82, 2.24) is 4.90 Å². The molecule has 0 aromatic heterocycles. The molecule has 1 aliphatic heterocycles. The average molecular weight is 434 g/mol. The quantitative estimate of drug-likeness (QED) is 0.490. The van der Waals surface area contributed by atoms with Crippen molar-refractivity contribution in [1.29, 1.82) is 0 Å². The van der Waals surface area contributed by atoms with Gasteiger partial charge in [0.2, 0.25) is 0 Å². The highest BCUT2D eigenvalue weighted by Crippen LogP contribution is 2.38. The van der Waals surface area contributed by atoms with Crippen molar-refractivity contribution >= 4 is 40.3 Å². The van der Waals surface area contributed by atoms with Crippen LogP contribution in [0.5, 0.6) is 0 Å². The second kappa shape index (κ2) is 10.2. The van der Waals surface area contributed by atoms with Gasteiger partial charge < -0.3 is 4.90 Å². The molecule has 1 heterocycles. The minimum Gasteiger partial charge on any atom is -0.372 e. The van der Waals surface area contributed by atoms with E-state index in [9.17, 15) is 4.79 Å². The molecule has 0 atom stereocenters. The summed E-state index contributed by atoms with van der Waals surface area (Å²) >= 11 is 1.51. The summed E-state index contributed by atoms with van der Waals surface area (Å²) in [4.78, 5) is 23.3. The number of rotatable bonds is 6. The van der Waals surface area contributed by atoms with Crippen LogP contribution in [0.25, 0.3) is 6.08 Å². The summed E-state index contributed by atoms with van der Waals surface area (Å²) in [5.74, 6) is 0.0967. The molecule has 0 bridgehead atoms. The van der Waals surface area contributed by atoms with Gasteiger partial charge in [0, 0.05) is 24.8 Å². The number of thioether (sulfide) groups is 1. The first-order valence-electron chi connectivity index (χ1n) is 11.4. The minimum atomic E-state index is 0.0967. The number of amides is 1. The van der Waals surface area contributed by atoms with Crippen LogP contribution in [-0.2, 0) is 4.79 Å². The zero-order chi connectivity index (χ0) is 21.6. The van der Waals surface area contributed by atoms with Gasteiger partial charge in [0.15, 0.2) is 5.17 Å². The van der Waals surface area contributed by atoms with E-state index in [1.165, 1.54) is 36.7 Å². The molecule has 0 N–H and O–H groups in total. The zero-order valence-electron chi connectivity index (χ0n) is 18.5. The van der Waals surface area contributed by atoms with Gasteiger partial charge in [-0.25, -0.2) is 4.99 Å². The van der Waals surface area contributed by atoms with Crippen LogP contribution in [0.3, 0.4) is 0 Å². The maximum Gasteiger partial charge on any atom is 0.267 e. The van der Waals surface area contributed by atoms with E-state index in [0.717, 1.165) is 47.3 Å². The van der Waals surface area contributed by atoms with Gasteiger partial charge >= 0.3 is 0 Å². The Bertz CT molecular complexity index is 942. The third kappa shape index (κ3) is 5.04. The van der Waals surface area contributed by atoms with Gasteiger partial charge in [-0.05, 0) is 74.4 Å². The summed E-state index contributed by atoms with van der Waals surface area (Å²) in [6.45, 7) is 6.31. The molecule has 4 nitrogen and oxygen atoms in total. The molecule has 5 heteroatoms. The molecular weight excluding hydrogens is 402 g/mol. The monoisotopic (exact) mass is 433 g/mol. The van der Waals surface area contributed by atoms with Gasteiger partial charge in [0.05, 0.1) is 10.6 Å². The maximum atomic E-state index is 13.4. The smallest absolute Gasteiger partial charge is 0.267 e. The van der Waals surface area contributed by atoms with Gasteiger partial charge in [-0.15, -0.1) is 0 Å². The Morgan fingerprint density at radius 1 is 1.00 bits per heavy atom. The number of benzene rings is 2. The van der Waals surface area contributed by atoms with Crippen LogP contribution in [0.1, 0.15) is 51.5 Å². The Morgan fingerprint density at radius 3 is 2.32 bits per heavy atom. The minimum absolute atomic E-state index is 0.0967. The normalized spacial score (nSPS) is 20.1. The van der Waals surface area contributed by atoms with E-state index in [0.29, 0.717) is 0 Å². The summed E-state index contributed by atoms with van der Waals surface area (Å²) in [6.07, 6.45) is 7.77. The van der Waals surface area contributed by atoms with Crippen LogP contribution in [0.15, 0.2) is 64.5 Å². The fourth-order valence-electron chi connectivity index (χ4n) is 4.36. The molecule has 4 rings (SSSR count). The lowest BCUT2D eigenvalue weighted by atomic mass is 9.94. The highest BCUT2D eigenvalue weighted by molar-refractivity contribution is 8.18. The topological polar surface area (TPSA) is 35.9 Å². The van der Waals surface area contributed by atoms with Crippen LogP contribution < -0.4 is 4.90 Å². The van der Waals surface area contributed by atoms with Crippen molar-refractivity contribution in [3.05, 3.63) is 65.1 Å². The van der Waals surface area contributed by atoms with Gasteiger partial charge in [0.25, 0.3) is 5.91 Å². The molecule has 162 valence electrons. The maximum absolute atomic E-state index is 13.4. The van der Waals surface area contributed by atoms with E-state index >= 15 is 0 Å². The lowest BCUT2D eigenvalue weighted by molar-refractivity contribution is -0.124. The van der Waals surface area contributed by atoms with Crippen LogP contribution in [0.2, 0.25) is 0 Å². The summed E-state index contributed by atoms with van der Waals surface area (Å²) in [7, 11) is 0. The predicted molar refractivity (Wildman–Crippen MR) is 133 cm³/mol. The number of amidine groups is 1. The summed E-state index contributed by atoms with van der Waals surface area (Å²) in [6, 6.07) is 18.7. The van der Waals surface area contributed by atoms with Crippen molar-refractivity contribution in [2.24, 2.45) is 4.99 Å². The molecule has 2 fully saturated rings. The standard InChI is InChI=1S/C26H31N3OS/c1-3-28(4-2)22-17-15-20(16-18-22)19-24-25(30)29(23-13-9-6-10-14-23)26(31-24)27-21-11-7-5-8-12-21/h5,7-8,11-12,15-19,23H,3-4,6,9-10,13-14H2,1-2H3/b24-19-,27-26?. The molecule has 0 radical (unpaired) electrons. The Balaban J connectivity index is 1.62. The Kier molecular flexibility index (Phi) is 7.13. The summed E-state index contributed by atoms with van der Waals surface area (Å²) in [5, 5.41) is 0.814. The molecule has 2 aromatic carbocycles. The second-order valence-corrected chi connectivity index (χ2v) is 9.08. The Hall–Kier alpha value is -2.53. The Labute approximate surface area is 190 Å². The lowest BCUT2D eigenvalue weighted by Crippen LogP contribution is -2.40. The third-order valence-electron chi connectivity index (χ3n) is 6.08. The first-order valence-corrected chi connectivity index (χ1v) is 12.2. The van der Waals surface area contributed by atoms with Crippen LogP contribution in [-0.4, -0.2) is 35.1 Å². The molecular formula is C26H31N3OS. The molecule has 1 amide bonds. The van der Waals surface area contributed by atoms with Crippen molar-refractivity contribution in [3.8, 4) is 0 Å². The first kappa shape index (κ1) is 21.7. The first-order chi connectivity index (χ1) is 15.2. The van der Waals surface area contributed by atoms with Crippen molar-refractivity contribution in [3.63, 3.8) is 0 Å². The molecule has 0 unspecified atom stereocenters. The van der Waals surface area contributed by atoms with Gasteiger partial charge in [0.1, 0.15) is 0 Å². The number of carbonyl (C=O) groups is 1. The molecule has 1 saturated heterocycles. The van der Waals surface area contributed by atoms with E-state index in [-0.39, 0.29) is 11.9 Å². The molecule has 1 aliphatic carbocycles. The molecule has 31 heavy (non-hydrogen) atoms. The van der Waals surface area contributed by atoms with Gasteiger partial charge in [-0.1, -0.05) is 49.6 Å². The molecule has 1 saturated carbocycles. The number of aliphatic imine (C=N–C) groups is 1. The van der Waals surface area contributed by atoms with E-state index in [1.54, 1.807) is 0 Å². The summed E-state index contributed by atoms with van der Waals surface area (Å²) in [5.41, 5.74) is 3.16. The Morgan fingerprint density at radius 2 is 1.68 bits per heavy atom. The SMILES string of the molecule is CCN(CC)c1ccc(/C=C2\SC(=Nc3ccccc3)N(C3CCCCC3)C2=O)cc1. The van der Waals surface area contributed by atoms with E-state index in [4.69, 9.17) is 4.99 Å². The van der Waals surface area contributed by atoms with Crippen molar-refractivity contribution in [2.75, 3.05) is 18.0 Å². The average Bonchev–Trinajstić information content (AvgIpc) is 3.11. The van der Waals surface area contributed by atoms with Crippen molar-refractivity contribution < 1.29 is 4.79 Å². The van der Waals surface area contributed by atoms with E-state index < -0.39 is 0 Å². The number of carbonyl (C=O) groups excluding carboxylic acids is 1. The van der Waals surface area contributed by atoms with Crippen LogP contribution >= 0.6 is 11.8 Å². The molecule has 2 aromatic rings. The molecule has 0 spiro atoms. The lowest BCUT2D eigenvalue weighted by Gasteiger charge is -2.30. The highest BCUT2D eigenvalue weighted by Gasteiger charge is 2.38. The van der Waals surface area contributed by atoms with Gasteiger partial charge in [-0.3, -0.25) is 9.69 Å². The number of anilines is 1. The van der Waals surface area contributed by atoms with E-state index in [1.807, 2.05) is 41.3 Å². The number of para-hydroxylation sites is 1. The number of hydrogen-bond acceptors (Lipinski definition) is 4. The van der Waals surface area contributed by atoms with E-state index in [2.05, 4.69) is 43.0 Å². The van der Waals surface area contributed by atoms with Gasteiger partial charge in [-0.2, -0.15) is 0 Å².